The summed E-state index contributed by atoms with van der Waals surface area (Å²) in [5, 5.41) is 4.16. The van der Waals surface area contributed by atoms with Crippen molar-refractivity contribution >= 4 is 28.6 Å². The van der Waals surface area contributed by atoms with Gasteiger partial charge in [-0.05, 0) is 24.8 Å². The summed E-state index contributed by atoms with van der Waals surface area (Å²) in [4.78, 5) is 15.4. The molecule has 2 rings (SSSR count). The van der Waals surface area contributed by atoms with Gasteiger partial charge in [0, 0.05) is 23.4 Å². The molecule has 1 unspecified atom stereocenters. The second-order valence-corrected chi connectivity index (χ2v) is 5.19. The molecule has 0 aliphatic carbocycles. The van der Waals surface area contributed by atoms with Crippen LogP contribution in [0.4, 0.5) is 0 Å². The number of thioether (sulfide) groups is 1. The maximum absolute atomic E-state index is 12.3. The number of carbonyl (C=O) groups excluding carboxylic acids is 1. The molecule has 4 heteroatoms. The Hall–Kier alpha value is -1.42. The summed E-state index contributed by atoms with van der Waals surface area (Å²) in [6.07, 6.45) is 4.87. The molecule has 1 amide bonds. The van der Waals surface area contributed by atoms with Crippen LogP contribution < -0.4 is 5.32 Å². The van der Waals surface area contributed by atoms with Gasteiger partial charge in [0.1, 0.15) is 0 Å². The molecule has 1 aromatic heterocycles. The van der Waals surface area contributed by atoms with Crippen molar-refractivity contribution in [1.29, 1.82) is 0 Å². The van der Waals surface area contributed by atoms with E-state index in [9.17, 15) is 4.79 Å². The number of hydrogen-bond acceptors (Lipinski definition) is 2. The van der Waals surface area contributed by atoms with Gasteiger partial charge in [0.2, 0.25) is 0 Å². The Kier molecular flexibility index (Phi) is 4.31. The van der Waals surface area contributed by atoms with Crippen LogP contribution in [0.3, 0.4) is 0 Å². The Morgan fingerprint density at radius 1 is 1.44 bits per heavy atom. The van der Waals surface area contributed by atoms with Crippen molar-refractivity contribution in [2.75, 3.05) is 12.0 Å². The minimum Gasteiger partial charge on any atom is -0.361 e. The lowest BCUT2D eigenvalue weighted by atomic mass is 10.1. The van der Waals surface area contributed by atoms with Gasteiger partial charge in [0.05, 0.1) is 11.1 Å². The van der Waals surface area contributed by atoms with Gasteiger partial charge in [0.25, 0.3) is 5.91 Å². The second-order valence-electron chi connectivity index (χ2n) is 4.28. The van der Waals surface area contributed by atoms with Crippen LogP contribution in [-0.2, 0) is 0 Å². The minimum absolute atomic E-state index is 0.00366. The fourth-order valence-electron chi connectivity index (χ4n) is 2.00. The lowest BCUT2D eigenvalue weighted by Crippen LogP contribution is -2.36. The largest absolute Gasteiger partial charge is 0.361 e. The molecule has 0 radical (unpaired) electrons. The highest BCUT2D eigenvalue weighted by molar-refractivity contribution is 7.98. The van der Waals surface area contributed by atoms with Gasteiger partial charge in [-0.15, -0.1) is 0 Å². The van der Waals surface area contributed by atoms with Crippen molar-refractivity contribution in [1.82, 2.24) is 10.3 Å². The van der Waals surface area contributed by atoms with Gasteiger partial charge in [-0.1, -0.05) is 19.1 Å². The van der Waals surface area contributed by atoms with E-state index in [-0.39, 0.29) is 11.9 Å². The van der Waals surface area contributed by atoms with Crippen molar-refractivity contribution < 1.29 is 4.79 Å². The smallest absolute Gasteiger partial charge is 0.253 e. The quantitative estimate of drug-likeness (QED) is 0.870. The van der Waals surface area contributed by atoms with Crippen LogP contribution in [0.25, 0.3) is 10.9 Å². The number of aromatic amines is 1. The molecule has 0 bridgehead atoms. The van der Waals surface area contributed by atoms with E-state index in [4.69, 9.17) is 0 Å². The van der Waals surface area contributed by atoms with E-state index < -0.39 is 0 Å². The predicted octanol–water partition coefficient (Wildman–Crippen LogP) is 3.04. The van der Waals surface area contributed by atoms with Gasteiger partial charge >= 0.3 is 0 Å². The number of fused-ring (bicyclic) bond motifs is 1. The summed E-state index contributed by atoms with van der Waals surface area (Å²) in [6.45, 7) is 2.09. The van der Waals surface area contributed by atoms with E-state index in [1.54, 1.807) is 11.8 Å². The molecule has 0 saturated carbocycles. The van der Waals surface area contributed by atoms with Crippen molar-refractivity contribution in [3.05, 3.63) is 36.0 Å². The zero-order valence-corrected chi connectivity index (χ0v) is 11.5. The highest BCUT2D eigenvalue weighted by Gasteiger charge is 2.14. The van der Waals surface area contributed by atoms with Crippen LogP contribution in [0.15, 0.2) is 30.5 Å². The lowest BCUT2D eigenvalue weighted by Gasteiger charge is -2.16. The van der Waals surface area contributed by atoms with Crippen LogP contribution in [0.2, 0.25) is 0 Å². The van der Waals surface area contributed by atoms with Gasteiger partial charge in [-0.2, -0.15) is 11.8 Å². The van der Waals surface area contributed by atoms with Crippen LogP contribution in [0, 0.1) is 0 Å². The molecule has 0 aliphatic heterocycles. The molecule has 1 atom stereocenters. The molecule has 0 spiro atoms. The SMILES string of the molecule is CCC(CSC)NC(=O)c1cccc2cc[nH]c12. The standard InChI is InChI=1S/C14H18N2OS/c1-3-11(9-18-2)16-14(17)12-6-4-5-10-7-8-15-13(10)12/h4-8,11,15H,3,9H2,1-2H3,(H,16,17). The van der Waals surface area contributed by atoms with E-state index in [1.807, 2.05) is 30.5 Å². The average Bonchev–Trinajstić information content (AvgIpc) is 2.85. The van der Waals surface area contributed by atoms with Crippen LogP contribution in [-0.4, -0.2) is 28.9 Å². The van der Waals surface area contributed by atoms with Crippen molar-refractivity contribution in [2.45, 2.75) is 19.4 Å². The first-order valence-electron chi connectivity index (χ1n) is 6.12. The summed E-state index contributed by atoms with van der Waals surface area (Å²) in [6, 6.07) is 7.99. The molecule has 3 nitrogen and oxygen atoms in total. The molecule has 0 aliphatic rings. The first-order chi connectivity index (χ1) is 8.76. The molecule has 1 heterocycles. The third-order valence-corrected chi connectivity index (χ3v) is 3.76. The number of nitrogens with one attached hydrogen (secondary N) is 2. The maximum Gasteiger partial charge on any atom is 0.253 e. The van der Waals surface area contributed by atoms with Gasteiger partial charge in [-0.25, -0.2) is 0 Å². The van der Waals surface area contributed by atoms with E-state index in [1.165, 1.54) is 0 Å². The number of aromatic nitrogens is 1. The number of H-pyrrole nitrogens is 1. The minimum atomic E-state index is 0.00366. The number of para-hydroxylation sites is 1. The normalized spacial score (nSPS) is 12.6. The monoisotopic (exact) mass is 262 g/mol. The second kappa shape index (κ2) is 5.96. The molecular formula is C14H18N2OS. The summed E-state index contributed by atoms with van der Waals surface area (Å²) in [5.74, 6) is 0.951. The van der Waals surface area contributed by atoms with Crippen LogP contribution in [0.1, 0.15) is 23.7 Å². The predicted molar refractivity (Wildman–Crippen MR) is 78.2 cm³/mol. The third-order valence-electron chi connectivity index (χ3n) is 3.03. The first kappa shape index (κ1) is 13.0. The third kappa shape index (κ3) is 2.70. The Balaban J connectivity index is 2.20. The van der Waals surface area contributed by atoms with Crippen molar-refractivity contribution in [3.8, 4) is 0 Å². The fraction of sp³-hybridized carbons (Fsp3) is 0.357. The molecule has 0 saturated heterocycles. The maximum atomic E-state index is 12.3. The number of amides is 1. The first-order valence-corrected chi connectivity index (χ1v) is 7.51. The molecule has 0 fully saturated rings. The van der Waals surface area contributed by atoms with Crippen LogP contribution in [0.5, 0.6) is 0 Å². The molecule has 2 N–H and O–H groups in total. The molecule has 96 valence electrons. The summed E-state index contributed by atoms with van der Waals surface area (Å²) in [7, 11) is 0. The highest BCUT2D eigenvalue weighted by atomic mass is 32.2. The van der Waals surface area contributed by atoms with E-state index in [2.05, 4.69) is 23.5 Å². The zero-order chi connectivity index (χ0) is 13.0. The average molecular weight is 262 g/mol. The lowest BCUT2D eigenvalue weighted by molar-refractivity contribution is 0.0941. The van der Waals surface area contributed by atoms with Crippen molar-refractivity contribution in [2.24, 2.45) is 0 Å². The Labute approximate surface area is 111 Å². The summed E-state index contributed by atoms with van der Waals surface area (Å²) >= 11 is 1.75. The van der Waals surface area contributed by atoms with Crippen molar-refractivity contribution in [3.63, 3.8) is 0 Å². The highest BCUT2D eigenvalue weighted by Crippen LogP contribution is 2.17. The Morgan fingerprint density at radius 2 is 2.28 bits per heavy atom. The Morgan fingerprint density at radius 3 is 3.00 bits per heavy atom. The van der Waals surface area contributed by atoms with Gasteiger partial charge < -0.3 is 10.3 Å². The number of benzene rings is 1. The Bertz CT molecular complexity index is 535. The topological polar surface area (TPSA) is 44.9 Å². The molecule has 2 aromatic rings. The van der Waals surface area contributed by atoms with E-state index in [0.717, 1.165) is 28.6 Å². The van der Waals surface area contributed by atoms with E-state index >= 15 is 0 Å². The number of rotatable bonds is 5. The molecular weight excluding hydrogens is 244 g/mol. The van der Waals surface area contributed by atoms with Crippen LogP contribution >= 0.6 is 11.8 Å². The summed E-state index contributed by atoms with van der Waals surface area (Å²) in [5.41, 5.74) is 1.63. The van der Waals surface area contributed by atoms with Gasteiger partial charge in [-0.3, -0.25) is 4.79 Å². The molecule has 1 aromatic carbocycles. The van der Waals surface area contributed by atoms with E-state index in [0.29, 0.717) is 0 Å². The number of hydrogen-bond donors (Lipinski definition) is 2. The molecule has 18 heavy (non-hydrogen) atoms. The number of carbonyl (C=O) groups is 1. The fourth-order valence-corrected chi connectivity index (χ4v) is 2.72. The zero-order valence-electron chi connectivity index (χ0n) is 10.7. The summed E-state index contributed by atoms with van der Waals surface area (Å²) < 4.78 is 0. The van der Waals surface area contributed by atoms with Gasteiger partial charge in [0.15, 0.2) is 0 Å².